The summed E-state index contributed by atoms with van der Waals surface area (Å²) in [5, 5.41) is 0. The van der Waals surface area contributed by atoms with Gasteiger partial charge in [0.2, 0.25) is 10.4 Å². The summed E-state index contributed by atoms with van der Waals surface area (Å²) in [4.78, 5) is 0. The zero-order chi connectivity index (χ0) is 8.91. The van der Waals surface area contributed by atoms with E-state index in [2.05, 4.69) is 16.0 Å². The monoisotopic (exact) mass is 200 g/mol. The maximum Gasteiger partial charge on any atom is 1.00 e. The summed E-state index contributed by atoms with van der Waals surface area (Å²) in [7, 11) is -4.61. The fraction of sp³-hybridized carbons (Fsp3) is 0.667. The van der Waals surface area contributed by atoms with Crippen molar-refractivity contribution in [3.8, 4) is 11.8 Å². The molecule has 64 valence electrons. The Morgan fingerprint density at radius 1 is 1.58 bits per heavy atom. The molecule has 0 radical (unpaired) electrons. The standard InChI is InChI=1S/C6H10O4S.Na/c1-3-5-6(4-2)10-11(7,8)9;/h6H,4H2,1-2H3,(H,7,8,9);/q;+1/p-1/t6-;/m0./s1. The quantitative estimate of drug-likeness (QED) is 0.215. The third-order valence-electron chi connectivity index (χ3n) is 0.910. The van der Waals surface area contributed by atoms with E-state index in [4.69, 9.17) is 0 Å². The zero-order valence-electron chi connectivity index (χ0n) is 7.33. The van der Waals surface area contributed by atoms with Crippen LogP contribution in [-0.4, -0.2) is 19.1 Å². The van der Waals surface area contributed by atoms with Gasteiger partial charge in [-0.15, -0.1) is 5.92 Å². The predicted molar refractivity (Wildman–Crippen MR) is 38.3 cm³/mol. The molecule has 0 aromatic rings. The van der Waals surface area contributed by atoms with Gasteiger partial charge in [-0.25, -0.2) is 8.42 Å². The van der Waals surface area contributed by atoms with Crippen molar-refractivity contribution in [1.82, 2.24) is 0 Å². The van der Waals surface area contributed by atoms with Crippen molar-refractivity contribution in [1.29, 1.82) is 0 Å². The molecule has 0 N–H and O–H groups in total. The largest absolute Gasteiger partial charge is 1.00 e. The van der Waals surface area contributed by atoms with Crippen LogP contribution in [0.3, 0.4) is 0 Å². The van der Waals surface area contributed by atoms with Gasteiger partial charge in [0.25, 0.3) is 0 Å². The predicted octanol–water partition coefficient (Wildman–Crippen LogP) is -2.73. The van der Waals surface area contributed by atoms with Crippen LogP contribution in [-0.2, 0) is 14.6 Å². The van der Waals surface area contributed by atoms with Crippen molar-refractivity contribution in [3.63, 3.8) is 0 Å². The van der Waals surface area contributed by atoms with E-state index in [1.54, 1.807) is 13.8 Å². The van der Waals surface area contributed by atoms with Gasteiger partial charge in [0.05, 0.1) is 0 Å². The summed E-state index contributed by atoms with van der Waals surface area (Å²) in [5.74, 6) is 4.90. The van der Waals surface area contributed by atoms with Crippen LogP contribution in [0.1, 0.15) is 20.3 Å². The second-order valence-electron chi connectivity index (χ2n) is 1.80. The fourth-order valence-corrected chi connectivity index (χ4v) is 0.966. The summed E-state index contributed by atoms with van der Waals surface area (Å²) >= 11 is 0. The molecule has 0 saturated heterocycles. The third kappa shape index (κ3) is 8.53. The van der Waals surface area contributed by atoms with Crippen molar-refractivity contribution >= 4 is 10.4 Å². The van der Waals surface area contributed by atoms with Gasteiger partial charge in [0, 0.05) is 0 Å². The van der Waals surface area contributed by atoms with Gasteiger partial charge in [0.15, 0.2) is 0 Å². The second kappa shape index (κ2) is 6.89. The van der Waals surface area contributed by atoms with Crippen LogP contribution in [0.4, 0.5) is 0 Å². The molecular weight excluding hydrogens is 191 g/mol. The molecule has 0 bridgehead atoms. The minimum atomic E-state index is -4.61. The van der Waals surface area contributed by atoms with Crippen LogP contribution >= 0.6 is 0 Å². The van der Waals surface area contributed by atoms with Gasteiger partial charge in [-0.1, -0.05) is 12.8 Å². The summed E-state index contributed by atoms with van der Waals surface area (Å²) < 4.78 is 34.2. The molecule has 4 nitrogen and oxygen atoms in total. The molecule has 1 atom stereocenters. The molecule has 0 aliphatic carbocycles. The van der Waals surface area contributed by atoms with Gasteiger partial charge in [0.1, 0.15) is 6.10 Å². The summed E-state index contributed by atoms with van der Waals surface area (Å²) in [5.41, 5.74) is 0. The topological polar surface area (TPSA) is 66.4 Å². The van der Waals surface area contributed by atoms with E-state index in [1.165, 1.54) is 0 Å². The summed E-state index contributed by atoms with van der Waals surface area (Å²) in [6, 6.07) is 0. The Morgan fingerprint density at radius 2 is 2.08 bits per heavy atom. The molecule has 0 heterocycles. The number of hydrogen-bond acceptors (Lipinski definition) is 4. The van der Waals surface area contributed by atoms with Crippen LogP contribution in [0.15, 0.2) is 0 Å². The molecule has 12 heavy (non-hydrogen) atoms. The molecule has 0 unspecified atom stereocenters. The Balaban J connectivity index is 0. The summed E-state index contributed by atoms with van der Waals surface area (Å²) in [6.07, 6.45) is -0.426. The molecule has 0 rings (SSSR count). The summed E-state index contributed by atoms with van der Waals surface area (Å²) in [6.45, 7) is 3.23. The first kappa shape index (κ1) is 14.9. The van der Waals surface area contributed by atoms with E-state index in [1.807, 2.05) is 0 Å². The molecule has 6 heteroatoms. The van der Waals surface area contributed by atoms with Crippen LogP contribution in [0.5, 0.6) is 0 Å². The third-order valence-corrected chi connectivity index (χ3v) is 1.38. The van der Waals surface area contributed by atoms with Gasteiger partial charge < -0.3 is 4.55 Å². The molecule has 0 aliphatic heterocycles. The van der Waals surface area contributed by atoms with E-state index in [-0.39, 0.29) is 29.6 Å². The Morgan fingerprint density at radius 3 is 2.33 bits per heavy atom. The number of rotatable bonds is 3. The first-order valence-electron chi connectivity index (χ1n) is 3.06. The Kier molecular flexibility index (Phi) is 8.58. The Bertz CT molecular complexity index is 261. The van der Waals surface area contributed by atoms with Gasteiger partial charge in [-0.3, -0.25) is 4.18 Å². The average molecular weight is 200 g/mol. The van der Waals surface area contributed by atoms with Crippen molar-refractivity contribution in [2.24, 2.45) is 0 Å². The molecule has 0 fully saturated rings. The normalized spacial score (nSPS) is 12.2. The minimum Gasteiger partial charge on any atom is -0.725 e. The first-order chi connectivity index (χ1) is 4.99. The van der Waals surface area contributed by atoms with Crippen LogP contribution in [0, 0.1) is 11.8 Å². The van der Waals surface area contributed by atoms with Crippen LogP contribution in [0.2, 0.25) is 0 Å². The maximum atomic E-state index is 10.0. The van der Waals surface area contributed by atoms with Crippen molar-refractivity contribution in [2.75, 3.05) is 0 Å². The van der Waals surface area contributed by atoms with Crippen molar-refractivity contribution in [2.45, 2.75) is 26.4 Å². The van der Waals surface area contributed by atoms with Crippen molar-refractivity contribution < 1.29 is 46.7 Å². The molecular formula is C6H9NaO4S. The van der Waals surface area contributed by atoms with E-state index in [9.17, 15) is 13.0 Å². The van der Waals surface area contributed by atoms with E-state index in [0.29, 0.717) is 6.42 Å². The van der Waals surface area contributed by atoms with Gasteiger partial charge in [-0.05, 0) is 13.3 Å². The van der Waals surface area contributed by atoms with Crippen molar-refractivity contribution in [3.05, 3.63) is 0 Å². The van der Waals surface area contributed by atoms with Gasteiger partial charge in [-0.2, -0.15) is 0 Å². The van der Waals surface area contributed by atoms with Crippen LogP contribution < -0.4 is 29.6 Å². The Hall–Kier alpha value is 0.430. The van der Waals surface area contributed by atoms with E-state index >= 15 is 0 Å². The van der Waals surface area contributed by atoms with E-state index in [0.717, 1.165) is 0 Å². The van der Waals surface area contributed by atoms with Crippen LogP contribution in [0.25, 0.3) is 0 Å². The maximum absolute atomic E-state index is 10.0. The average Bonchev–Trinajstić information content (AvgIpc) is 1.84. The molecule has 0 amide bonds. The molecule has 0 aromatic heterocycles. The second-order valence-corrected chi connectivity index (χ2v) is 2.80. The molecule has 0 spiro atoms. The molecule has 0 aromatic carbocycles. The smallest absolute Gasteiger partial charge is 0.725 e. The SMILES string of the molecule is CC#C[C@H](CC)OS(=O)(=O)[O-].[Na+]. The zero-order valence-corrected chi connectivity index (χ0v) is 10.1. The fourth-order valence-electron chi connectivity index (χ4n) is 0.497. The first-order valence-corrected chi connectivity index (χ1v) is 4.39. The molecule has 0 aliphatic rings. The van der Waals surface area contributed by atoms with E-state index < -0.39 is 16.5 Å². The van der Waals surface area contributed by atoms with Gasteiger partial charge >= 0.3 is 29.6 Å². The molecule has 0 saturated carbocycles. The number of hydrogen-bond donors (Lipinski definition) is 0. The Labute approximate surface area is 94.9 Å². The minimum absolute atomic E-state index is 0.